The van der Waals surface area contributed by atoms with E-state index in [1.54, 1.807) is 22.6 Å². The molecule has 2 aromatic heterocycles. The number of ether oxygens (including phenoxy) is 1. The van der Waals surface area contributed by atoms with Gasteiger partial charge in [0, 0.05) is 31.2 Å². The lowest BCUT2D eigenvalue weighted by Gasteiger charge is -2.22. The molecule has 1 aliphatic heterocycles. The van der Waals surface area contributed by atoms with Gasteiger partial charge in [0.25, 0.3) is 11.5 Å². The van der Waals surface area contributed by atoms with Crippen LogP contribution in [0.25, 0.3) is 5.65 Å². The molecule has 2 amide bonds. The molecule has 3 rings (SSSR count). The van der Waals surface area contributed by atoms with Crippen LogP contribution in [0, 0.1) is 0 Å². The molecular weight excluding hydrogens is 386 g/mol. The second-order valence-electron chi connectivity index (χ2n) is 8.80. The number of hydrogen-bond acceptors (Lipinski definition) is 5. The first kappa shape index (κ1) is 22.0. The molecule has 0 saturated carbocycles. The number of nitrogens with zero attached hydrogens (tertiary/aromatic N) is 4. The normalized spacial score (nSPS) is 15.0. The molecule has 9 heteroatoms. The minimum atomic E-state index is -0.300. The second-order valence-corrected chi connectivity index (χ2v) is 8.80. The lowest BCUT2D eigenvalue weighted by Crippen LogP contribution is -2.35. The van der Waals surface area contributed by atoms with Crippen LogP contribution in [-0.2, 0) is 28.0 Å². The summed E-state index contributed by atoms with van der Waals surface area (Å²) in [5.74, 6) is -0.477. The van der Waals surface area contributed by atoms with E-state index in [9.17, 15) is 14.4 Å². The number of aromatic nitrogens is 3. The first-order chi connectivity index (χ1) is 14.1. The highest BCUT2D eigenvalue weighted by Gasteiger charge is 2.37. The monoisotopic (exact) mass is 417 g/mol. The van der Waals surface area contributed by atoms with Crippen molar-refractivity contribution in [3.63, 3.8) is 0 Å². The summed E-state index contributed by atoms with van der Waals surface area (Å²) in [5, 5.41) is 7.30. The number of rotatable bonds is 7. The SMILES string of the molecule is CCC(C)N1Cc2c(n(CC(=O)NCCOC)c3cc(C(C)(C)C)nn3c2=O)C1=O. The first-order valence-electron chi connectivity index (χ1n) is 10.3. The minimum Gasteiger partial charge on any atom is -0.383 e. The van der Waals surface area contributed by atoms with Crippen molar-refractivity contribution in [2.75, 3.05) is 20.3 Å². The fraction of sp³-hybridized carbons (Fsp3) is 0.619. The fourth-order valence-corrected chi connectivity index (χ4v) is 3.58. The first-order valence-corrected chi connectivity index (χ1v) is 10.3. The topological polar surface area (TPSA) is 97.9 Å². The molecule has 0 fully saturated rings. The van der Waals surface area contributed by atoms with E-state index in [4.69, 9.17) is 4.74 Å². The Kier molecular flexibility index (Phi) is 6.03. The van der Waals surface area contributed by atoms with Gasteiger partial charge >= 0.3 is 0 Å². The van der Waals surface area contributed by atoms with Crippen LogP contribution in [0.4, 0.5) is 0 Å². The number of hydrogen-bond donors (Lipinski definition) is 1. The predicted octanol–water partition coefficient (Wildman–Crippen LogP) is 1.31. The maximum absolute atomic E-state index is 13.2. The smallest absolute Gasteiger partial charge is 0.280 e. The van der Waals surface area contributed by atoms with Crippen LogP contribution in [0.5, 0.6) is 0 Å². The zero-order valence-corrected chi connectivity index (χ0v) is 18.6. The average molecular weight is 418 g/mol. The zero-order chi connectivity index (χ0) is 22.2. The van der Waals surface area contributed by atoms with Gasteiger partial charge in [0.2, 0.25) is 5.91 Å². The Bertz CT molecular complexity index is 1030. The van der Waals surface area contributed by atoms with E-state index in [0.717, 1.165) is 12.1 Å². The highest BCUT2D eigenvalue weighted by atomic mass is 16.5. The van der Waals surface area contributed by atoms with Crippen LogP contribution >= 0.6 is 0 Å². The van der Waals surface area contributed by atoms with Gasteiger partial charge in [-0.2, -0.15) is 9.61 Å². The molecule has 0 spiro atoms. The zero-order valence-electron chi connectivity index (χ0n) is 18.6. The summed E-state index contributed by atoms with van der Waals surface area (Å²) < 4.78 is 7.93. The van der Waals surface area contributed by atoms with Gasteiger partial charge < -0.3 is 19.5 Å². The Morgan fingerprint density at radius 1 is 1.33 bits per heavy atom. The van der Waals surface area contributed by atoms with Crippen molar-refractivity contribution in [3.05, 3.63) is 33.4 Å². The van der Waals surface area contributed by atoms with Crippen molar-refractivity contribution in [1.29, 1.82) is 0 Å². The van der Waals surface area contributed by atoms with Gasteiger partial charge in [0.1, 0.15) is 17.9 Å². The summed E-state index contributed by atoms with van der Waals surface area (Å²) in [5.41, 5.74) is 1.27. The van der Waals surface area contributed by atoms with E-state index in [1.807, 2.05) is 34.6 Å². The van der Waals surface area contributed by atoms with Gasteiger partial charge in [-0.25, -0.2) is 0 Å². The van der Waals surface area contributed by atoms with Crippen molar-refractivity contribution in [2.24, 2.45) is 0 Å². The van der Waals surface area contributed by atoms with Crippen LogP contribution < -0.4 is 10.9 Å². The molecule has 0 radical (unpaired) electrons. The molecule has 1 unspecified atom stereocenters. The quantitative estimate of drug-likeness (QED) is 0.685. The van der Waals surface area contributed by atoms with Crippen LogP contribution in [0.1, 0.15) is 62.8 Å². The molecule has 0 aromatic carbocycles. The lowest BCUT2D eigenvalue weighted by molar-refractivity contribution is -0.121. The largest absolute Gasteiger partial charge is 0.383 e. The highest BCUT2D eigenvalue weighted by molar-refractivity contribution is 5.98. The van der Waals surface area contributed by atoms with Gasteiger partial charge in [-0.15, -0.1) is 0 Å². The molecule has 0 bridgehead atoms. The van der Waals surface area contributed by atoms with Crippen molar-refractivity contribution in [1.82, 2.24) is 24.4 Å². The predicted molar refractivity (Wildman–Crippen MR) is 113 cm³/mol. The van der Waals surface area contributed by atoms with Crippen LogP contribution in [0.3, 0.4) is 0 Å². The Morgan fingerprint density at radius 3 is 2.63 bits per heavy atom. The number of carbonyl (C=O) groups excluding carboxylic acids is 2. The van der Waals surface area contributed by atoms with Gasteiger partial charge in [-0.1, -0.05) is 27.7 Å². The van der Waals surface area contributed by atoms with Gasteiger partial charge in [0.15, 0.2) is 0 Å². The Balaban J connectivity index is 2.16. The van der Waals surface area contributed by atoms with Crippen molar-refractivity contribution in [2.45, 2.75) is 65.6 Å². The molecule has 164 valence electrons. The molecule has 9 nitrogen and oxygen atoms in total. The van der Waals surface area contributed by atoms with E-state index in [0.29, 0.717) is 24.4 Å². The standard InChI is InChI=1S/C21H31N5O4/c1-7-13(2)24-11-14-18(20(24)29)25(12-16(27)22-8-9-30-6)17-10-15(21(3,4)5)23-26(17)19(14)28/h10,13H,7-9,11-12H2,1-6H3,(H,22,27). The molecule has 1 N–H and O–H groups in total. The molecule has 3 heterocycles. The number of fused-ring (bicyclic) bond motifs is 2. The molecule has 2 aromatic rings. The fourth-order valence-electron chi connectivity index (χ4n) is 3.58. The average Bonchev–Trinajstić information content (AvgIpc) is 3.27. The third-order valence-electron chi connectivity index (χ3n) is 5.59. The van der Waals surface area contributed by atoms with Crippen LogP contribution in [0.2, 0.25) is 0 Å². The van der Waals surface area contributed by atoms with E-state index in [2.05, 4.69) is 10.4 Å². The second kappa shape index (κ2) is 8.22. The molecule has 0 saturated heterocycles. The van der Waals surface area contributed by atoms with Crippen molar-refractivity contribution in [3.8, 4) is 0 Å². The third kappa shape index (κ3) is 3.86. The summed E-state index contributed by atoms with van der Waals surface area (Å²) in [4.78, 5) is 40.7. The maximum Gasteiger partial charge on any atom is 0.280 e. The summed E-state index contributed by atoms with van der Waals surface area (Å²) >= 11 is 0. The molecule has 30 heavy (non-hydrogen) atoms. The van der Waals surface area contributed by atoms with Crippen molar-refractivity contribution >= 4 is 17.5 Å². The summed E-state index contributed by atoms with van der Waals surface area (Å²) in [6.45, 7) is 10.9. The summed E-state index contributed by atoms with van der Waals surface area (Å²) in [6.07, 6.45) is 0.775. The van der Waals surface area contributed by atoms with Gasteiger partial charge in [0.05, 0.1) is 24.4 Å². The Labute approximate surface area is 176 Å². The van der Waals surface area contributed by atoms with E-state index in [-0.39, 0.29) is 47.6 Å². The highest BCUT2D eigenvalue weighted by Crippen LogP contribution is 2.27. The van der Waals surface area contributed by atoms with E-state index < -0.39 is 0 Å². The molecule has 1 atom stereocenters. The Hall–Kier alpha value is -2.68. The van der Waals surface area contributed by atoms with Crippen molar-refractivity contribution < 1.29 is 14.3 Å². The van der Waals surface area contributed by atoms with Crippen LogP contribution in [0.15, 0.2) is 10.9 Å². The maximum atomic E-state index is 13.2. The van der Waals surface area contributed by atoms with E-state index >= 15 is 0 Å². The number of amides is 2. The molecule has 0 aliphatic carbocycles. The molecule has 1 aliphatic rings. The molecular formula is C21H31N5O4. The number of methoxy groups -OCH3 is 1. The number of carbonyl (C=O) groups is 2. The number of nitrogens with one attached hydrogen (secondary N) is 1. The minimum absolute atomic E-state index is 0.00858. The lowest BCUT2D eigenvalue weighted by atomic mass is 9.93. The van der Waals surface area contributed by atoms with Crippen LogP contribution in [-0.4, -0.2) is 57.2 Å². The Morgan fingerprint density at radius 2 is 2.03 bits per heavy atom. The summed E-state index contributed by atoms with van der Waals surface area (Å²) in [7, 11) is 1.56. The summed E-state index contributed by atoms with van der Waals surface area (Å²) in [6, 6.07) is 1.79. The van der Waals surface area contributed by atoms with Gasteiger partial charge in [-0.3, -0.25) is 14.4 Å². The van der Waals surface area contributed by atoms with Gasteiger partial charge in [-0.05, 0) is 13.3 Å². The van der Waals surface area contributed by atoms with E-state index in [1.165, 1.54) is 4.52 Å². The third-order valence-corrected chi connectivity index (χ3v) is 5.59.